The van der Waals surface area contributed by atoms with Crippen LogP contribution in [0.4, 0.5) is 4.79 Å². The molecule has 7 heteroatoms. The molecule has 24 heavy (non-hydrogen) atoms. The number of aliphatic carboxylic acids is 1. The molecule has 0 radical (unpaired) electrons. The predicted octanol–water partition coefficient (Wildman–Crippen LogP) is 1.81. The van der Waals surface area contributed by atoms with Gasteiger partial charge in [-0.2, -0.15) is 0 Å². The Balaban J connectivity index is 1.44. The van der Waals surface area contributed by atoms with Crippen LogP contribution in [0.3, 0.4) is 0 Å². The lowest BCUT2D eigenvalue weighted by Crippen LogP contribution is -2.44. The van der Waals surface area contributed by atoms with Gasteiger partial charge in [0, 0.05) is 32.5 Å². The molecule has 2 N–H and O–H groups in total. The summed E-state index contributed by atoms with van der Waals surface area (Å²) in [6.07, 6.45) is 4.42. The van der Waals surface area contributed by atoms with E-state index in [4.69, 9.17) is 9.47 Å². The molecule has 0 aromatic heterocycles. The van der Waals surface area contributed by atoms with Crippen LogP contribution in [0, 0.1) is 11.3 Å². The van der Waals surface area contributed by atoms with E-state index < -0.39 is 17.2 Å². The molecule has 1 spiro atoms. The van der Waals surface area contributed by atoms with Crippen molar-refractivity contribution < 1.29 is 24.2 Å². The van der Waals surface area contributed by atoms with Crippen molar-refractivity contribution >= 4 is 12.0 Å². The highest BCUT2D eigenvalue weighted by atomic mass is 16.7. The molecule has 2 unspecified atom stereocenters. The summed E-state index contributed by atoms with van der Waals surface area (Å²) >= 11 is 0. The van der Waals surface area contributed by atoms with Gasteiger partial charge in [0.15, 0.2) is 5.79 Å². The fourth-order valence-electron chi connectivity index (χ4n) is 3.80. The smallest absolute Gasteiger partial charge is 0.317 e. The number of carbonyl (C=O) groups is 2. The summed E-state index contributed by atoms with van der Waals surface area (Å²) in [6, 6.07) is -0.221. The van der Waals surface area contributed by atoms with Gasteiger partial charge >= 0.3 is 12.0 Å². The number of rotatable bonds is 3. The van der Waals surface area contributed by atoms with Crippen LogP contribution in [-0.4, -0.2) is 60.1 Å². The van der Waals surface area contributed by atoms with Crippen LogP contribution in [0.25, 0.3) is 0 Å². The van der Waals surface area contributed by atoms with Gasteiger partial charge < -0.3 is 24.8 Å². The second-order valence-corrected chi connectivity index (χ2v) is 7.87. The Morgan fingerprint density at radius 3 is 2.62 bits per heavy atom. The third-order valence-corrected chi connectivity index (χ3v) is 5.71. The van der Waals surface area contributed by atoms with E-state index in [0.717, 1.165) is 31.6 Å². The zero-order valence-electron chi connectivity index (χ0n) is 14.5. The van der Waals surface area contributed by atoms with Gasteiger partial charge in [0.2, 0.25) is 0 Å². The van der Waals surface area contributed by atoms with Crippen LogP contribution in [0.5, 0.6) is 0 Å². The molecule has 0 aromatic rings. The number of likely N-dealkylation sites (tertiary alicyclic amines) is 1. The van der Waals surface area contributed by atoms with Crippen LogP contribution >= 0.6 is 0 Å². The molecule has 2 amide bonds. The molecule has 3 rings (SSSR count). The summed E-state index contributed by atoms with van der Waals surface area (Å²) in [6.45, 7) is 5.55. The van der Waals surface area contributed by atoms with Crippen LogP contribution < -0.4 is 5.32 Å². The SMILES string of the molecule is CC1CCC2(CC1)OCC(CNC(=O)N1CCC(C)(C(=O)O)C1)O2. The molecule has 7 nitrogen and oxygen atoms in total. The zero-order valence-corrected chi connectivity index (χ0v) is 14.5. The third kappa shape index (κ3) is 3.52. The zero-order chi connectivity index (χ0) is 17.4. The molecule has 0 bridgehead atoms. The lowest BCUT2D eigenvalue weighted by Gasteiger charge is -2.34. The molecule has 3 aliphatic rings. The number of carboxylic acids is 1. The van der Waals surface area contributed by atoms with Crippen molar-refractivity contribution in [2.45, 2.75) is 57.8 Å². The van der Waals surface area contributed by atoms with Crippen molar-refractivity contribution in [1.29, 1.82) is 0 Å². The first-order valence-electron chi connectivity index (χ1n) is 8.90. The quantitative estimate of drug-likeness (QED) is 0.818. The van der Waals surface area contributed by atoms with Gasteiger partial charge in [0.1, 0.15) is 6.10 Å². The molecule has 1 saturated carbocycles. The lowest BCUT2D eigenvalue weighted by molar-refractivity contribution is -0.191. The number of ether oxygens (including phenoxy) is 2. The van der Waals surface area contributed by atoms with E-state index in [0.29, 0.717) is 26.1 Å². The largest absolute Gasteiger partial charge is 0.481 e. The van der Waals surface area contributed by atoms with Crippen LogP contribution in [0.2, 0.25) is 0 Å². The highest BCUT2D eigenvalue weighted by Gasteiger charge is 2.44. The number of hydrogen-bond acceptors (Lipinski definition) is 4. The van der Waals surface area contributed by atoms with Gasteiger partial charge in [0.25, 0.3) is 0 Å². The van der Waals surface area contributed by atoms with E-state index >= 15 is 0 Å². The Morgan fingerprint density at radius 2 is 2.00 bits per heavy atom. The first-order valence-corrected chi connectivity index (χ1v) is 8.90. The summed E-state index contributed by atoms with van der Waals surface area (Å²) in [4.78, 5) is 25.1. The maximum absolute atomic E-state index is 12.2. The van der Waals surface area contributed by atoms with E-state index in [-0.39, 0.29) is 18.7 Å². The topological polar surface area (TPSA) is 88.1 Å². The van der Waals surface area contributed by atoms with Crippen molar-refractivity contribution in [2.24, 2.45) is 11.3 Å². The first kappa shape index (κ1) is 17.5. The maximum atomic E-state index is 12.2. The normalized spacial score (nSPS) is 39.3. The summed E-state index contributed by atoms with van der Waals surface area (Å²) in [5, 5.41) is 12.1. The van der Waals surface area contributed by atoms with Gasteiger partial charge in [-0.1, -0.05) is 6.92 Å². The molecular formula is C17H28N2O5. The Morgan fingerprint density at radius 1 is 1.29 bits per heavy atom. The van der Waals surface area contributed by atoms with E-state index in [1.54, 1.807) is 11.8 Å². The van der Waals surface area contributed by atoms with Crippen molar-refractivity contribution in [3.8, 4) is 0 Å². The average Bonchev–Trinajstić information content (AvgIpc) is 3.14. The molecule has 1 aliphatic carbocycles. The molecular weight excluding hydrogens is 312 g/mol. The molecule has 0 aromatic carbocycles. The summed E-state index contributed by atoms with van der Waals surface area (Å²) in [5.41, 5.74) is -0.840. The number of hydrogen-bond donors (Lipinski definition) is 2. The summed E-state index contributed by atoms with van der Waals surface area (Å²) in [5.74, 6) is -0.573. The number of amides is 2. The number of nitrogens with one attached hydrogen (secondary N) is 1. The number of nitrogens with zero attached hydrogens (tertiary/aromatic N) is 1. The van der Waals surface area contributed by atoms with E-state index in [1.165, 1.54) is 0 Å². The van der Waals surface area contributed by atoms with Crippen LogP contribution in [0.15, 0.2) is 0 Å². The highest BCUT2D eigenvalue weighted by Crippen LogP contribution is 2.39. The third-order valence-electron chi connectivity index (χ3n) is 5.71. The Labute approximate surface area is 142 Å². The molecule has 2 heterocycles. The van der Waals surface area contributed by atoms with Crippen molar-refractivity contribution in [3.05, 3.63) is 0 Å². The van der Waals surface area contributed by atoms with E-state index in [1.807, 2.05) is 0 Å². The fraction of sp³-hybridized carbons (Fsp3) is 0.882. The molecule has 136 valence electrons. The predicted molar refractivity (Wildman–Crippen MR) is 86.5 cm³/mol. The van der Waals surface area contributed by atoms with Crippen LogP contribution in [-0.2, 0) is 14.3 Å². The minimum Gasteiger partial charge on any atom is -0.481 e. The Bertz CT molecular complexity index is 503. The lowest BCUT2D eigenvalue weighted by atomic mass is 9.86. The van der Waals surface area contributed by atoms with Crippen molar-refractivity contribution in [2.75, 3.05) is 26.2 Å². The van der Waals surface area contributed by atoms with Crippen LogP contribution in [0.1, 0.15) is 46.0 Å². The molecule has 2 saturated heterocycles. The van der Waals surface area contributed by atoms with Gasteiger partial charge in [-0.3, -0.25) is 4.79 Å². The fourth-order valence-corrected chi connectivity index (χ4v) is 3.80. The van der Waals surface area contributed by atoms with Crippen molar-refractivity contribution in [3.63, 3.8) is 0 Å². The number of urea groups is 1. The number of carboxylic acid groups (broad SMARTS) is 1. The number of carbonyl (C=O) groups excluding carboxylic acids is 1. The molecule has 3 fully saturated rings. The molecule has 2 atom stereocenters. The van der Waals surface area contributed by atoms with Crippen molar-refractivity contribution in [1.82, 2.24) is 10.2 Å². The standard InChI is InChI=1S/C17H28N2O5/c1-12-3-5-17(6-4-12)23-10-13(24-17)9-18-15(22)19-8-7-16(2,11-19)14(20)21/h12-13H,3-11H2,1-2H3,(H,18,22)(H,20,21). The van der Waals surface area contributed by atoms with Gasteiger partial charge in [-0.05, 0) is 32.1 Å². The average molecular weight is 340 g/mol. The Hall–Kier alpha value is -1.34. The second-order valence-electron chi connectivity index (χ2n) is 7.87. The van der Waals surface area contributed by atoms with E-state index in [9.17, 15) is 14.7 Å². The van der Waals surface area contributed by atoms with Gasteiger partial charge in [-0.25, -0.2) is 4.79 Å². The Kier molecular flexibility index (Phi) is 4.75. The van der Waals surface area contributed by atoms with E-state index in [2.05, 4.69) is 12.2 Å². The minimum atomic E-state index is -0.848. The summed E-state index contributed by atoms with van der Waals surface area (Å²) < 4.78 is 12.0. The van der Waals surface area contributed by atoms with Gasteiger partial charge in [-0.15, -0.1) is 0 Å². The highest BCUT2D eigenvalue weighted by molar-refractivity contribution is 5.79. The monoisotopic (exact) mass is 340 g/mol. The summed E-state index contributed by atoms with van der Waals surface area (Å²) in [7, 11) is 0. The second kappa shape index (κ2) is 6.52. The first-order chi connectivity index (χ1) is 11.3. The maximum Gasteiger partial charge on any atom is 0.317 e. The molecule has 2 aliphatic heterocycles. The minimum absolute atomic E-state index is 0.129. The van der Waals surface area contributed by atoms with Gasteiger partial charge in [0.05, 0.1) is 12.0 Å².